The van der Waals surface area contributed by atoms with Crippen molar-refractivity contribution in [3.05, 3.63) is 35.4 Å². The summed E-state index contributed by atoms with van der Waals surface area (Å²) in [6.07, 6.45) is 2.24. The van der Waals surface area contributed by atoms with Crippen molar-refractivity contribution in [1.82, 2.24) is 10.2 Å². The number of carbonyl (C=O) groups is 1. The molecule has 0 aliphatic carbocycles. The lowest BCUT2D eigenvalue weighted by molar-refractivity contribution is -0.129. The minimum absolute atomic E-state index is 0.170. The van der Waals surface area contributed by atoms with E-state index in [2.05, 4.69) is 11.4 Å². The minimum atomic E-state index is 0.170. The summed E-state index contributed by atoms with van der Waals surface area (Å²) in [7, 11) is 0. The monoisotopic (exact) mass is 243 g/mol. The van der Waals surface area contributed by atoms with Crippen molar-refractivity contribution in [2.75, 3.05) is 19.6 Å². The Labute approximate surface area is 107 Å². The van der Waals surface area contributed by atoms with E-state index >= 15 is 0 Å². The summed E-state index contributed by atoms with van der Waals surface area (Å²) in [4.78, 5) is 13.7. The van der Waals surface area contributed by atoms with Gasteiger partial charge in [0.2, 0.25) is 5.91 Å². The first-order valence-corrected chi connectivity index (χ1v) is 6.27. The number of nitrogens with zero attached hydrogens (tertiary/aromatic N) is 2. The average Bonchev–Trinajstić information content (AvgIpc) is 2.93. The van der Waals surface area contributed by atoms with Gasteiger partial charge in [-0.15, -0.1) is 0 Å². The van der Waals surface area contributed by atoms with Gasteiger partial charge in [-0.3, -0.25) is 4.79 Å². The van der Waals surface area contributed by atoms with Crippen LogP contribution in [0, 0.1) is 11.3 Å². The van der Waals surface area contributed by atoms with Gasteiger partial charge in [0.15, 0.2) is 0 Å². The van der Waals surface area contributed by atoms with E-state index in [4.69, 9.17) is 5.26 Å². The maximum absolute atomic E-state index is 11.8. The Bertz CT molecular complexity index is 458. The second-order valence-electron chi connectivity index (χ2n) is 4.50. The van der Waals surface area contributed by atoms with Crippen molar-refractivity contribution in [2.24, 2.45) is 0 Å². The minimum Gasteiger partial charge on any atom is -0.342 e. The van der Waals surface area contributed by atoms with Crippen LogP contribution >= 0.6 is 0 Å². The molecule has 0 radical (unpaired) electrons. The molecular formula is C14H17N3O. The molecule has 2 rings (SSSR count). The summed E-state index contributed by atoms with van der Waals surface area (Å²) in [6, 6.07) is 9.54. The molecule has 18 heavy (non-hydrogen) atoms. The van der Waals surface area contributed by atoms with E-state index in [9.17, 15) is 4.79 Å². The first-order chi connectivity index (χ1) is 8.79. The lowest BCUT2D eigenvalue weighted by Crippen LogP contribution is -2.35. The molecule has 4 heteroatoms. The third-order valence-electron chi connectivity index (χ3n) is 3.12. The average molecular weight is 243 g/mol. The number of benzene rings is 1. The molecule has 1 amide bonds. The van der Waals surface area contributed by atoms with E-state index < -0.39 is 0 Å². The molecule has 0 bridgehead atoms. The number of nitriles is 1. The summed E-state index contributed by atoms with van der Waals surface area (Å²) >= 11 is 0. The van der Waals surface area contributed by atoms with Crippen molar-refractivity contribution in [1.29, 1.82) is 5.26 Å². The van der Waals surface area contributed by atoms with Crippen LogP contribution in [0.5, 0.6) is 0 Å². The highest BCUT2D eigenvalue weighted by molar-refractivity contribution is 5.78. The number of hydrogen-bond acceptors (Lipinski definition) is 3. The molecule has 0 spiro atoms. The first-order valence-electron chi connectivity index (χ1n) is 6.27. The van der Waals surface area contributed by atoms with Crippen LogP contribution in [0.3, 0.4) is 0 Å². The van der Waals surface area contributed by atoms with Crippen LogP contribution in [-0.2, 0) is 11.3 Å². The molecule has 0 aromatic heterocycles. The molecule has 1 heterocycles. The summed E-state index contributed by atoms with van der Waals surface area (Å²) < 4.78 is 0. The Morgan fingerprint density at radius 2 is 2.17 bits per heavy atom. The number of likely N-dealkylation sites (tertiary alicyclic amines) is 1. The van der Waals surface area contributed by atoms with E-state index in [1.54, 1.807) is 6.07 Å². The molecule has 0 atom stereocenters. The van der Waals surface area contributed by atoms with E-state index in [0.717, 1.165) is 31.5 Å². The smallest absolute Gasteiger partial charge is 0.236 e. The maximum atomic E-state index is 11.8. The zero-order chi connectivity index (χ0) is 12.8. The van der Waals surface area contributed by atoms with E-state index in [0.29, 0.717) is 18.7 Å². The van der Waals surface area contributed by atoms with Gasteiger partial charge in [-0.05, 0) is 30.5 Å². The topological polar surface area (TPSA) is 56.1 Å². The molecule has 94 valence electrons. The summed E-state index contributed by atoms with van der Waals surface area (Å²) in [5, 5.41) is 11.9. The second kappa shape index (κ2) is 6.18. The van der Waals surface area contributed by atoms with Gasteiger partial charge in [0, 0.05) is 19.6 Å². The molecule has 1 fully saturated rings. The number of hydrogen-bond donors (Lipinski definition) is 1. The molecular weight excluding hydrogens is 226 g/mol. The predicted molar refractivity (Wildman–Crippen MR) is 68.7 cm³/mol. The van der Waals surface area contributed by atoms with Crippen LogP contribution in [0.1, 0.15) is 24.0 Å². The maximum Gasteiger partial charge on any atom is 0.236 e. The Morgan fingerprint density at radius 3 is 2.89 bits per heavy atom. The summed E-state index contributed by atoms with van der Waals surface area (Å²) in [6.45, 7) is 2.78. The Hall–Kier alpha value is -1.86. The van der Waals surface area contributed by atoms with Crippen molar-refractivity contribution in [3.8, 4) is 6.07 Å². The fraction of sp³-hybridized carbons (Fsp3) is 0.429. The third-order valence-corrected chi connectivity index (χ3v) is 3.12. The molecule has 4 nitrogen and oxygen atoms in total. The number of rotatable bonds is 4. The molecule has 1 saturated heterocycles. The Morgan fingerprint density at radius 1 is 1.39 bits per heavy atom. The van der Waals surface area contributed by atoms with Gasteiger partial charge < -0.3 is 10.2 Å². The molecule has 1 aliphatic rings. The van der Waals surface area contributed by atoms with E-state index in [-0.39, 0.29) is 5.91 Å². The molecule has 1 N–H and O–H groups in total. The highest BCUT2D eigenvalue weighted by atomic mass is 16.2. The highest BCUT2D eigenvalue weighted by Crippen LogP contribution is 2.07. The van der Waals surface area contributed by atoms with Crippen molar-refractivity contribution in [2.45, 2.75) is 19.4 Å². The van der Waals surface area contributed by atoms with Crippen LogP contribution in [0.15, 0.2) is 24.3 Å². The lowest BCUT2D eigenvalue weighted by Gasteiger charge is -2.15. The fourth-order valence-corrected chi connectivity index (χ4v) is 2.14. The van der Waals surface area contributed by atoms with Gasteiger partial charge >= 0.3 is 0 Å². The normalized spacial score (nSPS) is 14.5. The Balaban J connectivity index is 1.77. The van der Waals surface area contributed by atoms with Gasteiger partial charge in [-0.25, -0.2) is 0 Å². The zero-order valence-corrected chi connectivity index (χ0v) is 10.4. The zero-order valence-electron chi connectivity index (χ0n) is 10.4. The van der Waals surface area contributed by atoms with Crippen LogP contribution in [0.4, 0.5) is 0 Å². The van der Waals surface area contributed by atoms with Crippen LogP contribution in [-0.4, -0.2) is 30.4 Å². The molecule has 0 unspecified atom stereocenters. The SMILES string of the molecule is N#Cc1cccc(CNCC(=O)N2CCCC2)c1. The quantitative estimate of drug-likeness (QED) is 0.866. The molecule has 1 aromatic carbocycles. The molecule has 1 aliphatic heterocycles. The lowest BCUT2D eigenvalue weighted by atomic mass is 10.1. The third kappa shape index (κ3) is 3.31. The first kappa shape index (κ1) is 12.6. The predicted octanol–water partition coefficient (Wildman–Crippen LogP) is 1.27. The second-order valence-corrected chi connectivity index (χ2v) is 4.50. The van der Waals surface area contributed by atoms with Gasteiger partial charge in [0.25, 0.3) is 0 Å². The highest BCUT2D eigenvalue weighted by Gasteiger charge is 2.16. The van der Waals surface area contributed by atoms with Gasteiger partial charge in [-0.2, -0.15) is 5.26 Å². The van der Waals surface area contributed by atoms with Crippen molar-refractivity contribution < 1.29 is 4.79 Å². The summed E-state index contributed by atoms with van der Waals surface area (Å²) in [5.41, 5.74) is 1.68. The van der Waals surface area contributed by atoms with Gasteiger partial charge in [0.1, 0.15) is 0 Å². The van der Waals surface area contributed by atoms with Crippen molar-refractivity contribution >= 4 is 5.91 Å². The molecule has 0 saturated carbocycles. The largest absolute Gasteiger partial charge is 0.342 e. The van der Waals surface area contributed by atoms with Gasteiger partial charge in [-0.1, -0.05) is 12.1 Å². The summed E-state index contributed by atoms with van der Waals surface area (Å²) in [5.74, 6) is 0.170. The van der Waals surface area contributed by atoms with Gasteiger partial charge in [0.05, 0.1) is 18.2 Å². The van der Waals surface area contributed by atoms with E-state index in [1.807, 2.05) is 23.1 Å². The number of amides is 1. The fourth-order valence-electron chi connectivity index (χ4n) is 2.14. The van der Waals surface area contributed by atoms with Crippen LogP contribution in [0.2, 0.25) is 0 Å². The van der Waals surface area contributed by atoms with Crippen molar-refractivity contribution in [3.63, 3.8) is 0 Å². The number of carbonyl (C=O) groups excluding carboxylic acids is 1. The van der Waals surface area contributed by atoms with Crippen LogP contribution < -0.4 is 5.32 Å². The van der Waals surface area contributed by atoms with E-state index in [1.165, 1.54) is 0 Å². The standard InChI is InChI=1S/C14H17N3O/c15-9-12-4-3-5-13(8-12)10-16-11-14(18)17-6-1-2-7-17/h3-5,8,16H,1-2,6-7,10-11H2. The molecule has 1 aromatic rings. The Kier molecular flexibility index (Phi) is 4.32. The number of nitrogens with one attached hydrogen (secondary N) is 1. The van der Waals surface area contributed by atoms with Crippen LogP contribution in [0.25, 0.3) is 0 Å².